The fourth-order valence-electron chi connectivity index (χ4n) is 4.02. The third-order valence-corrected chi connectivity index (χ3v) is 5.58. The quantitative estimate of drug-likeness (QED) is 0.711. The third kappa shape index (κ3) is 3.30. The molecular formula is C22H24N4O2. The predicted octanol–water partition coefficient (Wildman–Crippen LogP) is 3.83. The minimum Gasteiger partial charge on any atom is -0.467 e. The van der Waals surface area contributed by atoms with Gasteiger partial charge in [0.15, 0.2) is 0 Å². The summed E-state index contributed by atoms with van der Waals surface area (Å²) in [6.07, 6.45) is 6.99. The Morgan fingerprint density at radius 3 is 2.79 bits per heavy atom. The van der Waals surface area contributed by atoms with Crippen molar-refractivity contribution in [2.75, 3.05) is 0 Å². The number of fused-ring (bicyclic) bond motifs is 1. The van der Waals surface area contributed by atoms with Crippen LogP contribution in [0.25, 0.3) is 5.69 Å². The van der Waals surface area contributed by atoms with E-state index in [4.69, 9.17) is 9.52 Å². The van der Waals surface area contributed by atoms with Gasteiger partial charge in [-0.2, -0.15) is 5.10 Å². The number of para-hydroxylation sites is 1. The topological polar surface area (TPSA) is 63.3 Å². The Balaban J connectivity index is 1.32. The van der Waals surface area contributed by atoms with E-state index < -0.39 is 0 Å². The molecule has 0 unspecified atom stereocenters. The molecule has 28 heavy (non-hydrogen) atoms. The normalized spacial score (nSPS) is 15.4. The molecule has 0 aliphatic heterocycles. The van der Waals surface area contributed by atoms with E-state index >= 15 is 0 Å². The molecule has 0 atom stereocenters. The Morgan fingerprint density at radius 1 is 1.18 bits per heavy atom. The minimum atomic E-state index is -0.0418. The molecule has 0 spiro atoms. The van der Waals surface area contributed by atoms with Crippen LogP contribution in [0.3, 0.4) is 0 Å². The number of hydrogen-bond acceptors (Lipinski definition) is 3. The molecule has 3 aromatic rings. The molecule has 1 aromatic carbocycles. The smallest absolute Gasteiger partial charge is 0.318 e. The van der Waals surface area contributed by atoms with Crippen molar-refractivity contribution in [3.63, 3.8) is 0 Å². The Bertz CT molecular complexity index is 958. The average Bonchev–Trinajstić information content (AvgIpc) is 3.10. The lowest BCUT2D eigenvalue weighted by atomic mass is 10.2. The highest BCUT2D eigenvalue weighted by atomic mass is 16.3. The molecule has 2 aromatic heterocycles. The zero-order chi connectivity index (χ0) is 18.9. The van der Waals surface area contributed by atoms with Gasteiger partial charge < -0.3 is 14.6 Å². The number of nitrogens with one attached hydrogen (secondary N) is 1. The fraction of sp³-hybridized carbons (Fsp3) is 0.364. The lowest BCUT2D eigenvalue weighted by molar-refractivity contribution is 0.186. The number of amides is 2. The van der Waals surface area contributed by atoms with Gasteiger partial charge in [0.25, 0.3) is 0 Å². The van der Waals surface area contributed by atoms with Crippen molar-refractivity contribution in [1.82, 2.24) is 20.0 Å². The summed E-state index contributed by atoms with van der Waals surface area (Å²) in [5, 5.41) is 7.93. The van der Waals surface area contributed by atoms with Gasteiger partial charge in [0.05, 0.1) is 30.7 Å². The highest BCUT2D eigenvalue weighted by molar-refractivity contribution is 5.74. The molecule has 6 heteroatoms. The largest absolute Gasteiger partial charge is 0.467 e. The Morgan fingerprint density at radius 2 is 2.04 bits per heavy atom. The minimum absolute atomic E-state index is 0.0418. The maximum Gasteiger partial charge on any atom is 0.318 e. The number of carbonyl (C=O) groups is 1. The molecule has 1 N–H and O–H groups in total. The van der Waals surface area contributed by atoms with Gasteiger partial charge in [-0.05, 0) is 61.9 Å². The second kappa shape index (κ2) is 7.19. The van der Waals surface area contributed by atoms with Gasteiger partial charge >= 0.3 is 6.03 Å². The summed E-state index contributed by atoms with van der Waals surface area (Å²) in [7, 11) is 0. The van der Waals surface area contributed by atoms with E-state index in [0.29, 0.717) is 19.1 Å². The summed E-state index contributed by atoms with van der Waals surface area (Å²) in [5.74, 6) is 0.816. The first kappa shape index (κ1) is 17.1. The number of furan rings is 1. The lowest BCUT2D eigenvalue weighted by Gasteiger charge is -2.21. The number of urea groups is 1. The van der Waals surface area contributed by atoms with Crippen LogP contribution < -0.4 is 5.32 Å². The summed E-state index contributed by atoms with van der Waals surface area (Å²) >= 11 is 0. The van der Waals surface area contributed by atoms with Crippen LogP contribution in [0, 0.1) is 0 Å². The van der Waals surface area contributed by atoms with Crippen molar-refractivity contribution >= 4 is 6.03 Å². The first-order valence-electron chi connectivity index (χ1n) is 10.0. The van der Waals surface area contributed by atoms with Crippen molar-refractivity contribution in [3.05, 3.63) is 71.4 Å². The van der Waals surface area contributed by atoms with Crippen LogP contribution in [-0.4, -0.2) is 26.8 Å². The van der Waals surface area contributed by atoms with E-state index in [0.717, 1.165) is 49.2 Å². The Kier molecular flexibility index (Phi) is 4.39. The SMILES string of the molecule is O=C(NCc1nn(-c2ccccc2)c2c1CCC2)N(Cc1ccco1)C1CC1. The molecule has 1 saturated carbocycles. The summed E-state index contributed by atoms with van der Waals surface area (Å²) in [6.45, 7) is 0.975. The molecule has 0 bridgehead atoms. The third-order valence-electron chi connectivity index (χ3n) is 5.58. The van der Waals surface area contributed by atoms with E-state index in [2.05, 4.69) is 17.4 Å². The zero-order valence-electron chi connectivity index (χ0n) is 15.8. The molecule has 1 fully saturated rings. The van der Waals surface area contributed by atoms with Crippen molar-refractivity contribution < 1.29 is 9.21 Å². The monoisotopic (exact) mass is 376 g/mol. The lowest BCUT2D eigenvalue weighted by Crippen LogP contribution is -2.40. The second-order valence-corrected chi connectivity index (χ2v) is 7.57. The van der Waals surface area contributed by atoms with Gasteiger partial charge in [0, 0.05) is 11.7 Å². The van der Waals surface area contributed by atoms with E-state index in [-0.39, 0.29) is 6.03 Å². The number of aromatic nitrogens is 2. The molecule has 5 rings (SSSR count). The molecule has 6 nitrogen and oxygen atoms in total. The summed E-state index contributed by atoms with van der Waals surface area (Å²) < 4.78 is 7.48. The molecule has 2 heterocycles. The first-order valence-corrected chi connectivity index (χ1v) is 10.0. The maximum absolute atomic E-state index is 12.8. The summed E-state index contributed by atoms with van der Waals surface area (Å²) in [5.41, 5.74) is 4.65. The second-order valence-electron chi connectivity index (χ2n) is 7.57. The Labute approximate surface area is 164 Å². The summed E-state index contributed by atoms with van der Waals surface area (Å²) in [6, 6.07) is 14.3. The van der Waals surface area contributed by atoms with Crippen molar-refractivity contribution in [2.45, 2.75) is 51.2 Å². The number of nitrogens with zero attached hydrogens (tertiary/aromatic N) is 3. The Hall–Kier alpha value is -3.02. The van der Waals surface area contributed by atoms with Gasteiger partial charge in [-0.25, -0.2) is 9.48 Å². The van der Waals surface area contributed by atoms with Crippen molar-refractivity contribution in [1.29, 1.82) is 0 Å². The molecule has 0 radical (unpaired) electrons. The van der Waals surface area contributed by atoms with Gasteiger partial charge in [-0.3, -0.25) is 0 Å². The number of carbonyl (C=O) groups excluding carboxylic acids is 1. The molecular weight excluding hydrogens is 352 g/mol. The highest BCUT2D eigenvalue weighted by Crippen LogP contribution is 2.30. The van der Waals surface area contributed by atoms with E-state index in [1.54, 1.807) is 6.26 Å². The maximum atomic E-state index is 12.8. The van der Waals surface area contributed by atoms with Crippen LogP contribution in [0.1, 0.15) is 42.0 Å². The molecule has 144 valence electrons. The van der Waals surface area contributed by atoms with Crippen molar-refractivity contribution in [2.24, 2.45) is 0 Å². The molecule has 2 aliphatic carbocycles. The molecule has 2 amide bonds. The van der Waals surface area contributed by atoms with Crippen LogP contribution in [0.15, 0.2) is 53.1 Å². The summed E-state index contributed by atoms with van der Waals surface area (Å²) in [4.78, 5) is 14.7. The standard InChI is InChI=1S/C22H24N4O2/c27-22(25(16-11-12-16)15-18-8-5-13-28-18)23-14-20-19-9-4-10-21(19)26(24-20)17-6-2-1-3-7-17/h1-3,5-8,13,16H,4,9-12,14-15H2,(H,23,27). The molecule has 2 aliphatic rings. The van der Waals surface area contributed by atoms with Crippen LogP contribution >= 0.6 is 0 Å². The van der Waals surface area contributed by atoms with Gasteiger partial charge in [0.2, 0.25) is 0 Å². The highest BCUT2D eigenvalue weighted by Gasteiger charge is 2.33. The van der Waals surface area contributed by atoms with Crippen LogP contribution in [0.2, 0.25) is 0 Å². The van der Waals surface area contributed by atoms with Gasteiger partial charge in [0.1, 0.15) is 5.76 Å². The van der Waals surface area contributed by atoms with Crippen LogP contribution in [0.4, 0.5) is 4.79 Å². The van der Waals surface area contributed by atoms with E-state index in [1.807, 2.05) is 39.9 Å². The number of hydrogen-bond donors (Lipinski definition) is 1. The van der Waals surface area contributed by atoms with E-state index in [1.165, 1.54) is 11.3 Å². The van der Waals surface area contributed by atoms with Gasteiger partial charge in [-0.15, -0.1) is 0 Å². The number of benzene rings is 1. The van der Waals surface area contributed by atoms with Crippen molar-refractivity contribution in [3.8, 4) is 5.69 Å². The first-order chi connectivity index (χ1) is 13.8. The molecule has 0 saturated heterocycles. The zero-order valence-corrected chi connectivity index (χ0v) is 15.8. The van der Waals surface area contributed by atoms with Crippen LogP contribution in [0.5, 0.6) is 0 Å². The van der Waals surface area contributed by atoms with Crippen LogP contribution in [-0.2, 0) is 25.9 Å². The predicted molar refractivity (Wildman–Crippen MR) is 105 cm³/mol. The van der Waals surface area contributed by atoms with E-state index in [9.17, 15) is 4.79 Å². The van der Waals surface area contributed by atoms with Gasteiger partial charge in [-0.1, -0.05) is 18.2 Å². The number of rotatable bonds is 6. The average molecular weight is 376 g/mol. The fourth-order valence-corrected chi connectivity index (χ4v) is 4.02.